The highest BCUT2D eigenvalue weighted by atomic mass is 35.5. The highest BCUT2D eigenvalue weighted by molar-refractivity contribution is 6.32. The molecule has 0 bridgehead atoms. The quantitative estimate of drug-likeness (QED) is 0.700. The standard InChI is InChI=1S/C15H20ClN7O2/c1-22-8-10(5-19-22)20-15-18-7-12(16)14(21-15)17-6-11-3-2-4-23(11)13(25)9-24/h5,7-8,11,24H,2-4,6,9H2,1H3,(H2,17,18,20,21). The number of nitrogens with one attached hydrogen (secondary N) is 2. The summed E-state index contributed by atoms with van der Waals surface area (Å²) >= 11 is 6.16. The second kappa shape index (κ2) is 7.66. The number of carbonyl (C=O) groups is 1. The molecule has 1 fully saturated rings. The molecule has 0 spiro atoms. The maximum Gasteiger partial charge on any atom is 0.248 e. The molecule has 1 atom stereocenters. The maximum absolute atomic E-state index is 11.7. The van der Waals surface area contributed by atoms with Crippen molar-refractivity contribution in [2.24, 2.45) is 7.05 Å². The van der Waals surface area contributed by atoms with Gasteiger partial charge in [-0.15, -0.1) is 0 Å². The van der Waals surface area contributed by atoms with Crippen molar-refractivity contribution in [2.75, 3.05) is 30.3 Å². The van der Waals surface area contributed by atoms with Crippen LogP contribution in [0, 0.1) is 0 Å². The van der Waals surface area contributed by atoms with Crippen molar-refractivity contribution >= 4 is 35.0 Å². The summed E-state index contributed by atoms with van der Waals surface area (Å²) in [6, 6.07) is 0.0143. The SMILES string of the molecule is Cn1cc(Nc2ncc(Cl)c(NCC3CCCN3C(=O)CO)n2)cn1. The summed E-state index contributed by atoms with van der Waals surface area (Å²) in [5.41, 5.74) is 0.770. The fourth-order valence-corrected chi connectivity index (χ4v) is 3.01. The van der Waals surface area contributed by atoms with Crippen molar-refractivity contribution in [3.05, 3.63) is 23.6 Å². The minimum Gasteiger partial charge on any atom is -0.387 e. The molecular formula is C15H20ClN7O2. The molecule has 1 saturated heterocycles. The third kappa shape index (κ3) is 4.18. The highest BCUT2D eigenvalue weighted by Gasteiger charge is 2.28. The van der Waals surface area contributed by atoms with E-state index in [2.05, 4.69) is 25.7 Å². The number of hydrogen-bond acceptors (Lipinski definition) is 7. The fourth-order valence-electron chi connectivity index (χ4n) is 2.85. The van der Waals surface area contributed by atoms with Gasteiger partial charge in [-0.1, -0.05) is 11.6 Å². The van der Waals surface area contributed by atoms with Gasteiger partial charge in [0, 0.05) is 32.4 Å². The van der Waals surface area contributed by atoms with Crippen LogP contribution in [-0.4, -0.2) is 61.4 Å². The Morgan fingerprint density at radius 3 is 3.04 bits per heavy atom. The molecule has 25 heavy (non-hydrogen) atoms. The number of rotatable bonds is 6. The normalized spacial score (nSPS) is 16.9. The summed E-state index contributed by atoms with van der Waals surface area (Å²) in [4.78, 5) is 22.0. The molecule has 1 aliphatic heterocycles. The molecule has 0 radical (unpaired) electrons. The van der Waals surface area contributed by atoms with Gasteiger partial charge in [0.05, 0.1) is 18.1 Å². The van der Waals surface area contributed by atoms with E-state index in [9.17, 15) is 4.79 Å². The second-order valence-electron chi connectivity index (χ2n) is 5.84. The first kappa shape index (κ1) is 17.4. The van der Waals surface area contributed by atoms with Gasteiger partial charge in [0.25, 0.3) is 0 Å². The topological polar surface area (TPSA) is 108 Å². The summed E-state index contributed by atoms with van der Waals surface area (Å²) in [5, 5.41) is 19.8. The van der Waals surface area contributed by atoms with Crippen LogP contribution in [0.25, 0.3) is 0 Å². The number of amides is 1. The van der Waals surface area contributed by atoms with E-state index in [0.717, 1.165) is 18.5 Å². The lowest BCUT2D eigenvalue weighted by Gasteiger charge is -2.24. The van der Waals surface area contributed by atoms with Gasteiger partial charge in [-0.3, -0.25) is 9.48 Å². The molecular weight excluding hydrogens is 346 g/mol. The molecule has 2 aromatic rings. The molecule has 1 unspecified atom stereocenters. The number of hydrogen-bond donors (Lipinski definition) is 3. The van der Waals surface area contributed by atoms with Crippen molar-refractivity contribution in [1.82, 2.24) is 24.6 Å². The van der Waals surface area contributed by atoms with Crippen molar-refractivity contribution in [3.63, 3.8) is 0 Å². The Kier molecular flexibility index (Phi) is 5.34. The average Bonchev–Trinajstić information content (AvgIpc) is 3.23. The van der Waals surface area contributed by atoms with E-state index in [1.54, 1.807) is 15.8 Å². The number of nitrogens with zero attached hydrogens (tertiary/aromatic N) is 5. The Balaban J connectivity index is 1.65. The molecule has 134 valence electrons. The first-order chi connectivity index (χ1) is 12.1. The van der Waals surface area contributed by atoms with Gasteiger partial charge in [0.2, 0.25) is 11.9 Å². The van der Waals surface area contributed by atoms with Gasteiger partial charge in [-0.05, 0) is 12.8 Å². The van der Waals surface area contributed by atoms with Crippen LogP contribution in [0.5, 0.6) is 0 Å². The van der Waals surface area contributed by atoms with Crippen LogP contribution in [0.15, 0.2) is 18.6 Å². The predicted octanol–water partition coefficient (Wildman–Crippen LogP) is 1.00. The van der Waals surface area contributed by atoms with Gasteiger partial charge in [-0.25, -0.2) is 4.98 Å². The van der Waals surface area contributed by atoms with Crippen LogP contribution < -0.4 is 10.6 Å². The number of halogens is 1. The van der Waals surface area contributed by atoms with E-state index in [4.69, 9.17) is 16.7 Å². The molecule has 0 saturated carbocycles. The molecule has 10 heteroatoms. The zero-order valence-electron chi connectivity index (χ0n) is 13.8. The van der Waals surface area contributed by atoms with Gasteiger partial charge in [0.15, 0.2) is 5.82 Å². The van der Waals surface area contributed by atoms with Crippen LogP contribution in [0.1, 0.15) is 12.8 Å². The predicted molar refractivity (Wildman–Crippen MR) is 93.8 cm³/mol. The third-order valence-corrected chi connectivity index (χ3v) is 4.32. The molecule has 9 nitrogen and oxygen atoms in total. The number of aromatic nitrogens is 4. The van der Waals surface area contributed by atoms with E-state index in [1.807, 2.05) is 13.2 Å². The lowest BCUT2D eigenvalue weighted by molar-refractivity contribution is -0.134. The lowest BCUT2D eigenvalue weighted by atomic mass is 10.2. The fraction of sp³-hybridized carbons (Fsp3) is 0.467. The zero-order chi connectivity index (χ0) is 17.8. The largest absolute Gasteiger partial charge is 0.387 e. The second-order valence-corrected chi connectivity index (χ2v) is 6.25. The summed E-state index contributed by atoms with van der Waals surface area (Å²) in [5.74, 6) is 0.637. The number of anilines is 3. The van der Waals surface area contributed by atoms with E-state index >= 15 is 0 Å². The zero-order valence-corrected chi connectivity index (χ0v) is 14.6. The third-order valence-electron chi connectivity index (χ3n) is 4.04. The average molecular weight is 366 g/mol. The van der Waals surface area contributed by atoms with Crippen LogP contribution in [0.2, 0.25) is 5.02 Å². The minimum absolute atomic E-state index is 0.0143. The summed E-state index contributed by atoms with van der Waals surface area (Å²) in [7, 11) is 1.82. The molecule has 2 aromatic heterocycles. The Labute approximate surface area is 150 Å². The van der Waals surface area contributed by atoms with Crippen LogP contribution in [-0.2, 0) is 11.8 Å². The van der Waals surface area contributed by atoms with Crippen LogP contribution >= 0.6 is 11.6 Å². The minimum atomic E-state index is -0.468. The van der Waals surface area contributed by atoms with Crippen LogP contribution in [0.4, 0.5) is 17.5 Å². The molecule has 3 rings (SSSR count). The lowest BCUT2D eigenvalue weighted by Crippen LogP contribution is -2.41. The first-order valence-corrected chi connectivity index (χ1v) is 8.37. The Hall–Kier alpha value is -2.39. The van der Waals surface area contributed by atoms with Gasteiger partial charge >= 0.3 is 0 Å². The number of aliphatic hydroxyl groups is 1. The smallest absolute Gasteiger partial charge is 0.248 e. The molecule has 1 aliphatic rings. The molecule has 1 amide bonds. The maximum atomic E-state index is 11.7. The van der Waals surface area contributed by atoms with Gasteiger partial charge in [-0.2, -0.15) is 10.1 Å². The van der Waals surface area contributed by atoms with Crippen LogP contribution in [0.3, 0.4) is 0 Å². The van der Waals surface area contributed by atoms with E-state index in [-0.39, 0.29) is 11.9 Å². The van der Waals surface area contributed by atoms with E-state index in [1.165, 1.54) is 6.20 Å². The van der Waals surface area contributed by atoms with Gasteiger partial charge in [0.1, 0.15) is 11.6 Å². The molecule has 3 N–H and O–H groups in total. The van der Waals surface area contributed by atoms with Crippen molar-refractivity contribution in [1.29, 1.82) is 0 Å². The number of likely N-dealkylation sites (tertiary alicyclic amines) is 1. The van der Waals surface area contributed by atoms with E-state index < -0.39 is 6.61 Å². The number of carbonyl (C=O) groups excluding carboxylic acids is 1. The van der Waals surface area contributed by atoms with Crippen molar-refractivity contribution in [2.45, 2.75) is 18.9 Å². The number of aryl methyl sites for hydroxylation is 1. The monoisotopic (exact) mass is 365 g/mol. The Morgan fingerprint density at radius 2 is 2.32 bits per heavy atom. The van der Waals surface area contributed by atoms with E-state index in [0.29, 0.717) is 29.9 Å². The molecule has 3 heterocycles. The molecule has 0 aromatic carbocycles. The Morgan fingerprint density at radius 1 is 1.48 bits per heavy atom. The van der Waals surface area contributed by atoms with Crippen molar-refractivity contribution in [3.8, 4) is 0 Å². The van der Waals surface area contributed by atoms with Gasteiger partial charge < -0.3 is 20.6 Å². The first-order valence-electron chi connectivity index (χ1n) is 7.99. The highest BCUT2D eigenvalue weighted by Crippen LogP contribution is 2.23. The summed E-state index contributed by atoms with van der Waals surface area (Å²) in [6.07, 6.45) is 6.79. The molecule has 0 aliphatic carbocycles. The summed E-state index contributed by atoms with van der Waals surface area (Å²) in [6.45, 7) is 0.704. The van der Waals surface area contributed by atoms with Crippen molar-refractivity contribution < 1.29 is 9.90 Å². The Bertz CT molecular complexity index is 751. The number of aliphatic hydroxyl groups excluding tert-OH is 1. The summed E-state index contributed by atoms with van der Waals surface area (Å²) < 4.78 is 1.67.